The van der Waals surface area contributed by atoms with Gasteiger partial charge in [-0.15, -0.1) is 0 Å². The lowest BCUT2D eigenvalue weighted by atomic mass is 9.47. The van der Waals surface area contributed by atoms with Crippen molar-refractivity contribution in [2.45, 2.75) is 84.8 Å². The third-order valence-electron chi connectivity index (χ3n) is 10.3. The summed E-state index contributed by atoms with van der Waals surface area (Å²) in [6.07, 6.45) is 16.2. The van der Waals surface area contributed by atoms with Gasteiger partial charge in [-0.25, -0.2) is 4.79 Å². The largest absolute Gasteiger partial charge is 0.461 e. The molecule has 0 radical (unpaired) electrons. The van der Waals surface area contributed by atoms with E-state index in [4.69, 9.17) is 10.5 Å². The SMILES string of the molecule is CC(C)[C@H](NC(=O)CN)C(=O)O[C@H]1CC[C@@]2(C)C(=CC[C@@H]3[C@@H]2CC[C@]2(C)C(c4cccnc4)=CC[C@@H]32)C1. The van der Waals surface area contributed by atoms with Gasteiger partial charge in [0.1, 0.15) is 12.1 Å². The molecule has 0 aromatic carbocycles. The molecular weight excluding hydrogens is 462 g/mol. The maximum atomic E-state index is 13.0. The monoisotopic (exact) mass is 505 g/mol. The van der Waals surface area contributed by atoms with Crippen LogP contribution in [0.5, 0.6) is 0 Å². The quantitative estimate of drug-likeness (QED) is 0.417. The number of amides is 1. The van der Waals surface area contributed by atoms with E-state index in [2.05, 4.69) is 48.4 Å². The lowest BCUT2D eigenvalue weighted by Crippen LogP contribution is -2.51. The van der Waals surface area contributed by atoms with Crippen molar-refractivity contribution in [1.82, 2.24) is 10.3 Å². The molecule has 4 aliphatic rings. The summed E-state index contributed by atoms with van der Waals surface area (Å²) in [5.74, 6) is 1.31. The molecule has 0 saturated heterocycles. The van der Waals surface area contributed by atoms with E-state index in [1.165, 1.54) is 29.6 Å². The van der Waals surface area contributed by atoms with Gasteiger partial charge in [0.2, 0.25) is 5.91 Å². The van der Waals surface area contributed by atoms with E-state index >= 15 is 0 Å². The molecule has 1 heterocycles. The zero-order valence-electron chi connectivity index (χ0n) is 22.8. The van der Waals surface area contributed by atoms with Gasteiger partial charge in [-0.3, -0.25) is 9.78 Å². The highest BCUT2D eigenvalue weighted by molar-refractivity contribution is 5.85. The van der Waals surface area contributed by atoms with Crippen LogP contribution in [-0.2, 0) is 14.3 Å². The summed E-state index contributed by atoms with van der Waals surface area (Å²) in [6, 6.07) is 3.61. The number of fused-ring (bicyclic) bond motifs is 5. The van der Waals surface area contributed by atoms with Crippen LogP contribution >= 0.6 is 0 Å². The highest BCUT2D eigenvalue weighted by Gasteiger charge is 2.57. The molecule has 0 bridgehead atoms. The third-order valence-corrected chi connectivity index (χ3v) is 10.3. The standard InChI is InChI=1S/C31H43N3O3/c1-19(2)28(34-27(35)17-32)29(36)37-22-11-13-30(3)21(16-22)7-8-23-25-10-9-24(20-6-5-15-33-18-20)31(25,4)14-12-26(23)30/h5-7,9,15,18-19,22-23,25-26,28H,8,10-14,16-17,32H2,1-4H3,(H,34,35)/t22-,23-,25-,26-,28-,30-,31+/m0/s1. The predicted molar refractivity (Wildman–Crippen MR) is 145 cm³/mol. The van der Waals surface area contributed by atoms with E-state index < -0.39 is 6.04 Å². The van der Waals surface area contributed by atoms with Crippen LogP contribution < -0.4 is 11.1 Å². The van der Waals surface area contributed by atoms with Gasteiger partial charge < -0.3 is 15.8 Å². The summed E-state index contributed by atoms with van der Waals surface area (Å²) < 4.78 is 5.99. The molecule has 7 atom stereocenters. The first kappa shape index (κ1) is 26.1. The molecule has 1 aromatic heterocycles. The second-order valence-corrected chi connectivity index (χ2v) is 12.6. The molecular formula is C31H43N3O3. The van der Waals surface area contributed by atoms with Crippen molar-refractivity contribution in [3.8, 4) is 0 Å². The second kappa shape index (κ2) is 10.0. The van der Waals surface area contributed by atoms with E-state index in [0.717, 1.165) is 32.1 Å². The number of carbonyl (C=O) groups is 2. The number of ether oxygens (including phenoxy) is 1. The Kier molecular flexibility index (Phi) is 7.08. The molecule has 2 saturated carbocycles. The number of nitrogens with zero attached hydrogens (tertiary/aromatic N) is 1. The third kappa shape index (κ3) is 4.56. The van der Waals surface area contributed by atoms with E-state index in [9.17, 15) is 9.59 Å². The number of nitrogens with one attached hydrogen (secondary N) is 1. The highest BCUT2D eigenvalue weighted by atomic mass is 16.5. The predicted octanol–water partition coefficient (Wildman–Crippen LogP) is 5.05. The van der Waals surface area contributed by atoms with Gasteiger partial charge in [0.05, 0.1) is 6.54 Å². The minimum Gasteiger partial charge on any atom is -0.461 e. The summed E-state index contributed by atoms with van der Waals surface area (Å²) in [7, 11) is 0. The lowest BCUT2D eigenvalue weighted by molar-refractivity contribution is -0.156. The van der Waals surface area contributed by atoms with Crippen LogP contribution in [0.4, 0.5) is 0 Å². The maximum Gasteiger partial charge on any atom is 0.329 e. The fourth-order valence-electron chi connectivity index (χ4n) is 8.23. The Morgan fingerprint density at radius 1 is 1.14 bits per heavy atom. The van der Waals surface area contributed by atoms with Crippen LogP contribution in [0.2, 0.25) is 0 Å². The molecule has 2 fully saturated rings. The van der Waals surface area contributed by atoms with Crippen LogP contribution in [0, 0.1) is 34.5 Å². The Hall–Kier alpha value is -2.47. The number of hydrogen-bond acceptors (Lipinski definition) is 5. The molecule has 0 spiro atoms. The molecule has 5 rings (SSSR count). The number of carbonyl (C=O) groups excluding carboxylic acids is 2. The van der Waals surface area contributed by atoms with Crippen molar-refractivity contribution in [3.05, 3.63) is 47.8 Å². The second-order valence-electron chi connectivity index (χ2n) is 12.6. The van der Waals surface area contributed by atoms with Crippen molar-refractivity contribution >= 4 is 17.4 Å². The number of rotatable bonds is 6. The van der Waals surface area contributed by atoms with E-state index in [0.29, 0.717) is 17.8 Å². The van der Waals surface area contributed by atoms with Crippen LogP contribution in [0.3, 0.4) is 0 Å². The topological polar surface area (TPSA) is 94.3 Å². The van der Waals surface area contributed by atoms with E-state index in [1.807, 2.05) is 26.2 Å². The summed E-state index contributed by atoms with van der Waals surface area (Å²) in [5.41, 5.74) is 10.1. The van der Waals surface area contributed by atoms with Crippen molar-refractivity contribution in [3.63, 3.8) is 0 Å². The van der Waals surface area contributed by atoms with Gasteiger partial charge in [0, 0.05) is 18.8 Å². The minimum atomic E-state index is -0.658. The maximum absolute atomic E-state index is 13.0. The van der Waals surface area contributed by atoms with Crippen molar-refractivity contribution in [2.75, 3.05) is 6.54 Å². The molecule has 1 aromatic rings. The molecule has 3 N–H and O–H groups in total. The van der Waals surface area contributed by atoms with E-state index in [1.54, 1.807) is 0 Å². The normalized spacial score (nSPS) is 35.4. The van der Waals surface area contributed by atoms with Gasteiger partial charge >= 0.3 is 5.97 Å². The summed E-state index contributed by atoms with van der Waals surface area (Å²) >= 11 is 0. The smallest absolute Gasteiger partial charge is 0.329 e. The average molecular weight is 506 g/mol. The molecule has 1 amide bonds. The number of hydrogen-bond donors (Lipinski definition) is 2. The molecule has 0 unspecified atom stereocenters. The highest BCUT2D eigenvalue weighted by Crippen LogP contribution is 2.66. The first-order chi connectivity index (χ1) is 17.7. The van der Waals surface area contributed by atoms with Crippen molar-refractivity contribution < 1.29 is 14.3 Å². The molecule has 6 heteroatoms. The van der Waals surface area contributed by atoms with Gasteiger partial charge in [-0.05, 0) is 90.2 Å². The van der Waals surface area contributed by atoms with Gasteiger partial charge in [0.25, 0.3) is 0 Å². The minimum absolute atomic E-state index is 0.0559. The number of allylic oxidation sites excluding steroid dienone is 3. The number of nitrogens with two attached hydrogens (primary N) is 1. The molecule has 200 valence electrons. The molecule has 6 nitrogen and oxygen atoms in total. The lowest BCUT2D eigenvalue weighted by Gasteiger charge is -2.58. The Balaban J connectivity index is 1.29. The summed E-state index contributed by atoms with van der Waals surface area (Å²) in [5, 5.41) is 2.73. The van der Waals surface area contributed by atoms with Crippen molar-refractivity contribution in [2.24, 2.45) is 40.2 Å². The fraction of sp³-hybridized carbons (Fsp3) is 0.645. The van der Waals surface area contributed by atoms with Crippen molar-refractivity contribution in [1.29, 1.82) is 0 Å². The first-order valence-electron chi connectivity index (χ1n) is 14.2. The van der Waals surface area contributed by atoms with Crippen LogP contribution in [0.15, 0.2) is 42.3 Å². The summed E-state index contributed by atoms with van der Waals surface area (Å²) in [4.78, 5) is 29.2. The number of esters is 1. The van der Waals surface area contributed by atoms with Crippen LogP contribution in [0.25, 0.3) is 5.57 Å². The van der Waals surface area contributed by atoms with Crippen LogP contribution in [0.1, 0.15) is 78.2 Å². The number of aromatic nitrogens is 1. The van der Waals surface area contributed by atoms with Gasteiger partial charge in [0.15, 0.2) is 0 Å². The van der Waals surface area contributed by atoms with Crippen LogP contribution in [-0.4, -0.2) is 35.6 Å². The zero-order valence-corrected chi connectivity index (χ0v) is 22.8. The Morgan fingerprint density at radius 2 is 1.92 bits per heavy atom. The average Bonchev–Trinajstić information content (AvgIpc) is 3.24. The molecule has 4 aliphatic carbocycles. The Morgan fingerprint density at radius 3 is 2.62 bits per heavy atom. The fourth-order valence-corrected chi connectivity index (χ4v) is 8.23. The Labute approximate surface area is 221 Å². The molecule has 37 heavy (non-hydrogen) atoms. The summed E-state index contributed by atoms with van der Waals surface area (Å²) in [6.45, 7) is 8.66. The Bertz CT molecular complexity index is 1100. The van der Waals surface area contributed by atoms with Gasteiger partial charge in [-0.2, -0.15) is 0 Å². The number of pyridine rings is 1. The first-order valence-corrected chi connectivity index (χ1v) is 14.2. The molecule has 0 aliphatic heterocycles. The van der Waals surface area contributed by atoms with Gasteiger partial charge in [-0.1, -0.05) is 51.5 Å². The zero-order chi connectivity index (χ0) is 26.4. The van der Waals surface area contributed by atoms with E-state index in [-0.39, 0.29) is 41.3 Å².